The summed E-state index contributed by atoms with van der Waals surface area (Å²) in [5.41, 5.74) is 4.36. The molecule has 7 heteroatoms. The van der Waals surface area contributed by atoms with Crippen LogP contribution in [0, 0.1) is 11.6 Å². The molecule has 0 amide bonds. The van der Waals surface area contributed by atoms with Gasteiger partial charge in [-0.15, -0.1) is 0 Å². The third-order valence-corrected chi connectivity index (χ3v) is 4.74. The Balaban J connectivity index is 2.34. The maximum Gasteiger partial charge on any atom is 0.341 e. The number of aryl methyl sites for hydroxylation is 1. The first-order valence-electron chi connectivity index (χ1n) is 7.89. The molecule has 5 nitrogen and oxygen atoms in total. The summed E-state index contributed by atoms with van der Waals surface area (Å²) in [7, 11) is 0. The van der Waals surface area contributed by atoms with Crippen molar-refractivity contribution in [3.8, 4) is 0 Å². The van der Waals surface area contributed by atoms with E-state index in [-0.39, 0.29) is 35.0 Å². The summed E-state index contributed by atoms with van der Waals surface area (Å²) >= 11 is 0. The Morgan fingerprint density at radius 2 is 2.12 bits per heavy atom. The van der Waals surface area contributed by atoms with Crippen molar-refractivity contribution in [3.63, 3.8) is 0 Å². The number of benzene rings is 1. The standard InChI is InChI=1S/C17H18F2N2O3/c1-2-21-7-11(17(23)24)16(22)10-6-12(18)13(14(19)15(10)21)8-3-4-9(20)5-8/h6-9H,2-5,20H2,1H3,(H,23,24). The minimum Gasteiger partial charge on any atom is -0.477 e. The van der Waals surface area contributed by atoms with Gasteiger partial charge in [-0.25, -0.2) is 13.6 Å². The van der Waals surface area contributed by atoms with Crippen LogP contribution in [0.5, 0.6) is 0 Å². The van der Waals surface area contributed by atoms with Gasteiger partial charge in [-0.3, -0.25) is 4.79 Å². The Morgan fingerprint density at radius 3 is 2.67 bits per heavy atom. The van der Waals surface area contributed by atoms with Gasteiger partial charge < -0.3 is 15.4 Å². The average Bonchev–Trinajstić information content (AvgIpc) is 2.94. The highest BCUT2D eigenvalue weighted by atomic mass is 19.1. The lowest BCUT2D eigenvalue weighted by Crippen LogP contribution is -2.21. The van der Waals surface area contributed by atoms with Crippen molar-refractivity contribution in [1.82, 2.24) is 4.57 Å². The second-order valence-corrected chi connectivity index (χ2v) is 6.22. The Bertz CT molecular complexity index is 892. The number of hydrogen-bond donors (Lipinski definition) is 2. The van der Waals surface area contributed by atoms with Crippen LogP contribution in [-0.4, -0.2) is 21.7 Å². The quantitative estimate of drug-likeness (QED) is 0.902. The predicted octanol–water partition coefficient (Wildman–Crippen LogP) is 2.59. The molecule has 0 spiro atoms. The fraction of sp³-hybridized carbons (Fsp3) is 0.412. The molecule has 3 rings (SSSR count). The number of nitrogens with two attached hydrogens (primary N) is 1. The van der Waals surface area contributed by atoms with Gasteiger partial charge in [0.1, 0.15) is 11.4 Å². The summed E-state index contributed by atoms with van der Waals surface area (Å²) in [6.45, 7) is 1.95. The molecule has 2 atom stereocenters. The Morgan fingerprint density at radius 1 is 1.42 bits per heavy atom. The number of rotatable bonds is 3. The van der Waals surface area contributed by atoms with Gasteiger partial charge in [0, 0.05) is 24.3 Å². The van der Waals surface area contributed by atoms with E-state index in [1.807, 2.05) is 0 Å². The molecule has 1 aliphatic rings. The molecule has 2 aromatic rings. The second-order valence-electron chi connectivity index (χ2n) is 6.22. The number of hydrogen-bond acceptors (Lipinski definition) is 3. The third-order valence-electron chi connectivity index (χ3n) is 4.74. The first-order valence-corrected chi connectivity index (χ1v) is 7.89. The molecule has 0 aliphatic heterocycles. The molecule has 128 valence electrons. The van der Waals surface area contributed by atoms with Gasteiger partial charge in [-0.2, -0.15) is 0 Å². The maximum absolute atomic E-state index is 15.1. The zero-order valence-electron chi connectivity index (χ0n) is 13.2. The molecule has 1 heterocycles. The van der Waals surface area contributed by atoms with Crippen molar-refractivity contribution in [3.05, 3.63) is 45.2 Å². The zero-order valence-corrected chi connectivity index (χ0v) is 13.2. The first-order chi connectivity index (χ1) is 11.3. The minimum absolute atomic E-state index is 0.0515. The van der Waals surface area contributed by atoms with Crippen LogP contribution in [0.25, 0.3) is 10.9 Å². The van der Waals surface area contributed by atoms with E-state index in [4.69, 9.17) is 10.8 Å². The maximum atomic E-state index is 15.1. The summed E-state index contributed by atoms with van der Waals surface area (Å²) in [6.07, 6.45) is 2.88. The van der Waals surface area contributed by atoms with E-state index in [0.29, 0.717) is 19.3 Å². The molecule has 0 radical (unpaired) electrons. The monoisotopic (exact) mass is 336 g/mol. The van der Waals surface area contributed by atoms with E-state index in [0.717, 1.165) is 12.3 Å². The van der Waals surface area contributed by atoms with Crippen LogP contribution in [-0.2, 0) is 6.54 Å². The lowest BCUT2D eigenvalue weighted by molar-refractivity contribution is 0.0695. The molecule has 0 saturated heterocycles. The minimum atomic E-state index is -1.42. The van der Waals surface area contributed by atoms with Gasteiger partial charge in [-0.1, -0.05) is 0 Å². The van der Waals surface area contributed by atoms with E-state index in [2.05, 4.69) is 0 Å². The molecule has 24 heavy (non-hydrogen) atoms. The molecule has 1 aliphatic carbocycles. The van der Waals surface area contributed by atoms with Gasteiger partial charge in [-0.05, 0) is 38.2 Å². The van der Waals surface area contributed by atoms with Crippen LogP contribution in [0.15, 0.2) is 17.1 Å². The van der Waals surface area contributed by atoms with Crippen LogP contribution < -0.4 is 11.2 Å². The van der Waals surface area contributed by atoms with Crippen LogP contribution in [0.4, 0.5) is 8.78 Å². The number of carbonyl (C=O) groups is 1. The zero-order chi connectivity index (χ0) is 17.6. The molecule has 1 saturated carbocycles. The summed E-state index contributed by atoms with van der Waals surface area (Å²) in [5.74, 6) is -3.36. The summed E-state index contributed by atoms with van der Waals surface area (Å²) in [5, 5.41) is 8.87. The van der Waals surface area contributed by atoms with Crippen molar-refractivity contribution in [2.75, 3.05) is 0 Å². The molecule has 1 fully saturated rings. The molecular formula is C17H18F2N2O3. The summed E-state index contributed by atoms with van der Waals surface area (Å²) in [4.78, 5) is 23.5. The smallest absolute Gasteiger partial charge is 0.341 e. The highest BCUT2D eigenvalue weighted by molar-refractivity contribution is 5.93. The van der Waals surface area contributed by atoms with Crippen LogP contribution >= 0.6 is 0 Å². The SMILES string of the molecule is CCn1cc(C(=O)O)c(=O)c2cc(F)c(C3CCC(N)C3)c(F)c21. The van der Waals surface area contributed by atoms with Gasteiger partial charge in [0.15, 0.2) is 5.82 Å². The number of carboxylic acids is 1. The number of aromatic carboxylic acids is 1. The van der Waals surface area contributed by atoms with Crippen LogP contribution in [0.1, 0.15) is 48.0 Å². The van der Waals surface area contributed by atoms with Crippen LogP contribution in [0.2, 0.25) is 0 Å². The van der Waals surface area contributed by atoms with E-state index in [9.17, 15) is 14.0 Å². The molecule has 1 aromatic carbocycles. The van der Waals surface area contributed by atoms with Gasteiger partial charge in [0.2, 0.25) is 5.43 Å². The third kappa shape index (κ3) is 2.49. The van der Waals surface area contributed by atoms with Crippen molar-refractivity contribution in [1.29, 1.82) is 0 Å². The molecule has 2 unspecified atom stereocenters. The van der Waals surface area contributed by atoms with E-state index < -0.39 is 28.6 Å². The second kappa shape index (κ2) is 5.98. The normalized spacial score (nSPS) is 20.7. The lowest BCUT2D eigenvalue weighted by Gasteiger charge is -2.17. The van der Waals surface area contributed by atoms with Gasteiger partial charge in [0.25, 0.3) is 0 Å². The lowest BCUT2D eigenvalue weighted by atomic mass is 9.94. The number of aromatic nitrogens is 1. The summed E-state index contributed by atoms with van der Waals surface area (Å²) < 4.78 is 31.0. The van der Waals surface area contributed by atoms with Crippen molar-refractivity contribution < 1.29 is 18.7 Å². The highest BCUT2D eigenvalue weighted by Gasteiger charge is 2.30. The number of fused-ring (bicyclic) bond motifs is 1. The van der Waals surface area contributed by atoms with Crippen molar-refractivity contribution in [2.24, 2.45) is 5.73 Å². The fourth-order valence-electron chi connectivity index (χ4n) is 3.56. The van der Waals surface area contributed by atoms with Crippen LogP contribution in [0.3, 0.4) is 0 Å². The van der Waals surface area contributed by atoms with Crippen molar-refractivity contribution >= 4 is 16.9 Å². The average molecular weight is 336 g/mol. The first kappa shape index (κ1) is 16.6. The van der Waals surface area contributed by atoms with Gasteiger partial charge in [0.05, 0.1) is 10.9 Å². The molecule has 0 bridgehead atoms. The van der Waals surface area contributed by atoms with E-state index >= 15 is 4.39 Å². The molecule has 1 aromatic heterocycles. The number of nitrogens with zero attached hydrogens (tertiary/aromatic N) is 1. The van der Waals surface area contributed by atoms with Gasteiger partial charge >= 0.3 is 5.97 Å². The number of pyridine rings is 1. The number of halogens is 2. The predicted molar refractivity (Wildman–Crippen MR) is 85.3 cm³/mol. The highest BCUT2D eigenvalue weighted by Crippen LogP contribution is 2.38. The topological polar surface area (TPSA) is 85.3 Å². The largest absolute Gasteiger partial charge is 0.477 e. The summed E-state index contributed by atoms with van der Waals surface area (Å²) in [6, 6.07) is 0.866. The van der Waals surface area contributed by atoms with Crippen molar-refractivity contribution in [2.45, 2.75) is 44.7 Å². The number of carboxylic acid groups (broad SMARTS) is 1. The fourth-order valence-corrected chi connectivity index (χ4v) is 3.56. The Kier molecular flexibility index (Phi) is 4.13. The van der Waals surface area contributed by atoms with E-state index in [1.54, 1.807) is 6.92 Å². The molecular weight excluding hydrogens is 318 g/mol. The molecule has 3 N–H and O–H groups in total. The Labute approximate surface area is 136 Å². The Hall–Kier alpha value is -2.28. The van der Waals surface area contributed by atoms with E-state index in [1.165, 1.54) is 4.57 Å².